The number of furan rings is 1. The molecule has 0 radical (unpaired) electrons. The Balaban J connectivity index is 1.86. The van der Waals surface area contributed by atoms with Crippen molar-refractivity contribution >= 4 is 16.7 Å². The van der Waals surface area contributed by atoms with Crippen LogP contribution in [0.2, 0.25) is 0 Å². The van der Waals surface area contributed by atoms with Crippen LogP contribution < -0.4 is 10.5 Å². The van der Waals surface area contributed by atoms with Crippen molar-refractivity contribution in [2.45, 2.75) is 13.5 Å². The summed E-state index contributed by atoms with van der Waals surface area (Å²) in [5, 5.41) is 1.01. The normalized spacial score (nSPS) is 10.8. The van der Waals surface area contributed by atoms with Gasteiger partial charge in [-0.15, -0.1) is 0 Å². The van der Waals surface area contributed by atoms with E-state index in [4.69, 9.17) is 14.9 Å². The van der Waals surface area contributed by atoms with Gasteiger partial charge >= 0.3 is 0 Å². The molecule has 0 fully saturated rings. The first-order chi connectivity index (χ1) is 9.24. The molecule has 0 bridgehead atoms. The number of fused-ring (bicyclic) bond motifs is 1. The van der Waals surface area contributed by atoms with Crippen molar-refractivity contribution in [3.63, 3.8) is 0 Å². The highest BCUT2D eigenvalue weighted by Crippen LogP contribution is 2.25. The Morgan fingerprint density at radius 2 is 2.00 bits per heavy atom. The lowest BCUT2D eigenvalue weighted by Gasteiger charge is -2.07. The number of nitrogen functional groups attached to an aromatic ring is 1. The molecule has 2 aromatic carbocycles. The van der Waals surface area contributed by atoms with Crippen LogP contribution in [0.1, 0.15) is 11.1 Å². The second kappa shape index (κ2) is 4.69. The van der Waals surface area contributed by atoms with Gasteiger partial charge in [-0.1, -0.05) is 18.2 Å². The Morgan fingerprint density at radius 3 is 2.84 bits per heavy atom. The van der Waals surface area contributed by atoms with Crippen molar-refractivity contribution in [2.75, 3.05) is 5.73 Å². The molecule has 3 nitrogen and oxygen atoms in total. The third-order valence-corrected chi connectivity index (χ3v) is 3.15. The number of hydrogen-bond acceptors (Lipinski definition) is 3. The third kappa shape index (κ3) is 2.27. The Bertz CT molecular complexity index is 716. The predicted molar refractivity (Wildman–Crippen MR) is 76.1 cm³/mol. The number of nitrogens with two attached hydrogens (primary N) is 1. The largest absolute Gasteiger partial charge is 0.488 e. The van der Waals surface area contributed by atoms with Crippen LogP contribution in [0.3, 0.4) is 0 Å². The van der Waals surface area contributed by atoms with Crippen LogP contribution in [-0.2, 0) is 6.61 Å². The molecule has 0 amide bonds. The van der Waals surface area contributed by atoms with Gasteiger partial charge in [0.25, 0.3) is 0 Å². The molecule has 0 saturated carbocycles. The number of para-hydroxylation sites is 1. The minimum Gasteiger partial charge on any atom is -0.488 e. The van der Waals surface area contributed by atoms with Gasteiger partial charge < -0.3 is 14.9 Å². The molecule has 3 heteroatoms. The van der Waals surface area contributed by atoms with E-state index in [0.717, 1.165) is 33.5 Å². The topological polar surface area (TPSA) is 48.4 Å². The zero-order chi connectivity index (χ0) is 13.2. The maximum atomic E-state index is 5.83. The summed E-state index contributed by atoms with van der Waals surface area (Å²) in [6.45, 7) is 2.50. The number of ether oxygens (including phenoxy) is 1. The fraction of sp³-hybridized carbons (Fsp3) is 0.125. The molecular weight excluding hydrogens is 238 g/mol. The molecule has 19 heavy (non-hydrogen) atoms. The molecule has 0 saturated heterocycles. The molecule has 0 aliphatic carbocycles. The van der Waals surface area contributed by atoms with E-state index in [1.54, 1.807) is 6.26 Å². The molecule has 1 aromatic heterocycles. The summed E-state index contributed by atoms with van der Waals surface area (Å²) < 4.78 is 11.3. The predicted octanol–water partition coefficient (Wildman–Crippen LogP) is 3.90. The van der Waals surface area contributed by atoms with E-state index < -0.39 is 0 Å². The zero-order valence-corrected chi connectivity index (χ0v) is 10.7. The van der Waals surface area contributed by atoms with Crippen LogP contribution in [0.25, 0.3) is 11.0 Å². The van der Waals surface area contributed by atoms with E-state index in [2.05, 4.69) is 0 Å². The Labute approximate surface area is 111 Å². The SMILES string of the molecule is Cc1ccccc1OCc1coc2ccc(N)cc12. The van der Waals surface area contributed by atoms with Crippen LogP contribution >= 0.6 is 0 Å². The van der Waals surface area contributed by atoms with Gasteiger partial charge in [0.05, 0.1) is 6.26 Å². The van der Waals surface area contributed by atoms with Crippen molar-refractivity contribution in [3.8, 4) is 5.75 Å². The summed E-state index contributed by atoms with van der Waals surface area (Å²) in [6.07, 6.45) is 1.72. The Kier molecular flexibility index (Phi) is 2.88. The van der Waals surface area contributed by atoms with Gasteiger partial charge in [-0.2, -0.15) is 0 Å². The van der Waals surface area contributed by atoms with Crippen LogP contribution in [-0.4, -0.2) is 0 Å². The fourth-order valence-electron chi connectivity index (χ4n) is 2.09. The number of rotatable bonds is 3. The summed E-state index contributed by atoms with van der Waals surface area (Å²) in [6, 6.07) is 13.6. The number of hydrogen-bond donors (Lipinski definition) is 1. The zero-order valence-electron chi connectivity index (χ0n) is 10.7. The molecule has 96 valence electrons. The molecule has 0 aliphatic rings. The lowest BCUT2D eigenvalue weighted by molar-refractivity contribution is 0.304. The second-order valence-electron chi connectivity index (χ2n) is 4.57. The quantitative estimate of drug-likeness (QED) is 0.720. The van der Waals surface area contributed by atoms with Crippen LogP contribution in [0.15, 0.2) is 53.1 Å². The highest BCUT2D eigenvalue weighted by molar-refractivity contribution is 5.84. The van der Waals surface area contributed by atoms with Gasteiger partial charge in [-0.05, 0) is 36.8 Å². The molecule has 2 N–H and O–H groups in total. The van der Waals surface area contributed by atoms with Gasteiger partial charge in [0.2, 0.25) is 0 Å². The molecule has 3 aromatic rings. The van der Waals surface area contributed by atoms with E-state index in [1.165, 1.54) is 0 Å². The standard InChI is InChI=1S/C16H15NO2/c1-11-4-2-3-5-15(11)18-9-12-10-19-16-7-6-13(17)8-14(12)16/h2-8,10H,9,17H2,1H3. The van der Waals surface area contributed by atoms with Crippen molar-refractivity contribution in [1.29, 1.82) is 0 Å². The van der Waals surface area contributed by atoms with E-state index in [-0.39, 0.29) is 0 Å². The Morgan fingerprint density at radius 1 is 1.16 bits per heavy atom. The maximum Gasteiger partial charge on any atom is 0.134 e. The lowest BCUT2D eigenvalue weighted by atomic mass is 10.1. The van der Waals surface area contributed by atoms with Gasteiger partial charge in [-0.3, -0.25) is 0 Å². The van der Waals surface area contributed by atoms with Crippen LogP contribution in [0, 0.1) is 6.92 Å². The molecule has 3 rings (SSSR count). The Hall–Kier alpha value is -2.42. The summed E-state index contributed by atoms with van der Waals surface area (Å²) in [5.41, 5.74) is 9.49. The summed E-state index contributed by atoms with van der Waals surface area (Å²) in [5.74, 6) is 0.890. The summed E-state index contributed by atoms with van der Waals surface area (Å²) in [7, 11) is 0. The molecule has 1 heterocycles. The van der Waals surface area contributed by atoms with Gasteiger partial charge in [0, 0.05) is 16.6 Å². The average molecular weight is 253 g/mol. The summed E-state index contributed by atoms with van der Waals surface area (Å²) >= 11 is 0. The highest BCUT2D eigenvalue weighted by atomic mass is 16.5. The smallest absolute Gasteiger partial charge is 0.134 e. The first-order valence-electron chi connectivity index (χ1n) is 6.18. The van der Waals surface area contributed by atoms with E-state index in [0.29, 0.717) is 6.61 Å². The molecule has 0 atom stereocenters. The highest BCUT2D eigenvalue weighted by Gasteiger charge is 2.07. The second-order valence-corrected chi connectivity index (χ2v) is 4.57. The average Bonchev–Trinajstić information content (AvgIpc) is 2.80. The fourth-order valence-corrected chi connectivity index (χ4v) is 2.09. The van der Waals surface area contributed by atoms with Crippen molar-refractivity contribution in [1.82, 2.24) is 0 Å². The van der Waals surface area contributed by atoms with Crippen LogP contribution in [0.4, 0.5) is 5.69 Å². The van der Waals surface area contributed by atoms with Crippen LogP contribution in [0.5, 0.6) is 5.75 Å². The van der Waals surface area contributed by atoms with E-state index in [9.17, 15) is 0 Å². The first-order valence-corrected chi connectivity index (χ1v) is 6.18. The van der Waals surface area contributed by atoms with E-state index >= 15 is 0 Å². The van der Waals surface area contributed by atoms with Crippen molar-refractivity contribution in [2.24, 2.45) is 0 Å². The lowest BCUT2D eigenvalue weighted by Crippen LogP contribution is -1.96. The number of anilines is 1. The molecule has 0 unspecified atom stereocenters. The molecular formula is C16H15NO2. The third-order valence-electron chi connectivity index (χ3n) is 3.15. The number of benzene rings is 2. The van der Waals surface area contributed by atoms with Gasteiger partial charge in [0.1, 0.15) is 17.9 Å². The molecule has 0 spiro atoms. The van der Waals surface area contributed by atoms with Gasteiger partial charge in [-0.25, -0.2) is 0 Å². The maximum absolute atomic E-state index is 5.83. The number of aryl methyl sites for hydroxylation is 1. The minimum atomic E-state index is 0.474. The first kappa shape index (κ1) is 11.7. The minimum absolute atomic E-state index is 0.474. The van der Waals surface area contributed by atoms with E-state index in [1.807, 2.05) is 49.4 Å². The van der Waals surface area contributed by atoms with Crippen molar-refractivity contribution < 1.29 is 9.15 Å². The molecule has 0 aliphatic heterocycles. The summed E-state index contributed by atoms with van der Waals surface area (Å²) in [4.78, 5) is 0. The van der Waals surface area contributed by atoms with Crippen molar-refractivity contribution in [3.05, 3.63) is 59.9 Å². The monoisotopic (exact) mass is 253 g/mol. The van der Waals surface area contributed by atoms with Gasteiger partial charge in [0.15, 0.2) is 0 Å².